The minimum absolute atomic E-state index is 0.0894. The van der Waals surface area contributed by atoms with Gasteiger partial charge in [-0.05, 0) is 70.0 Å². The van der Waals surface area contributed by atoms with E-state index >= 15 is 0 Å². The lowest BCUT2D eigenvalue weighted by atomic mass is 10.0. The normalized spacial score (nSPS) is 26.7. The maximum Gasteiger partial charge on any atom is 0.408 e. The zero-order valence-electron chi connectivity index (χ0n) is 28.3. The van der Waals surface area contributed by atoms with Crippen LogP contribution in [-0.2, 0) is 23.9 Å². The van der Waals surface area contributed by atoms with Gasteiger partial charge in [-0.15, -0.1) is 11.3 Å². The molecule has 0 radical (unpaired) electrons. The molecule has 2 N–H and O–H groups in total. The second-order valence-electron chi connectivity index (χ2n) is 13.9. The number of aromatic nitrogens is 2. The standard InChI is InChI=1S/C36H43N5O7S/c1-35(2,3)48-34(45)39-26-14-9-7-5-6-8-12-22-20-36(22,33(44)46-4)40-31(42)28-18-23(21-41(28)32(26)43)47-29-19-27(24-13-10-11-16-37-24)38-25-15-17-49-30(25)29/h8,10-13,15-17,19,22-23,26,28H,5-7,9,14,18,20-21H2,1-4H3,(H,39,45)(H,40,42)/b12-8-/t22-,23+,26-,28-,36+/m0/s1. The number of hydrogen-bond donors (Lipinski definition) is 2. The van der Waals surface area contributed by atoms with Crippen LogP contribution in [0.2, 0.25) is 0 Å². The van der Waals surface area contributed by atoms with Crippen LogP contribution < -0.4 is 15.4 Å². The lowest BCUT2D eigenvalue weighted by Crippen LogP contribution is -2.56. The Balaban J connectivity index is 1.32. The van der Waals surface area contributed by atoms with Gasteiger partial charge < -0.3 is 29.7 Å². The van der Waals surface area contributed by atoms with Gasteiger partial charge in [0.15, 0.2) is 0 Å². The Morgan fingerprint density at radius 2 is 1.96 bits per heavy atom. The highest BCUT2D eigenvalue weighted by molar-refractivity contribution is 7.17. The van der Waals surface area contributed by atoms with Crippen LogP contribution >= 0.6 is 11.3 Å². The van der Waals surface area contributed by atoms with E-state index in [0.717, 1.165) is 29.5 Å². The van der Waals surface area contributed by atoms with Gasteiger partial charge in [0.05, 0.1) is 35.3 Å². The van der Waals surface area contributed by atoms with Crippen molar-refractivity contribution in [2.45, 2.75) is 95.0 Å². The van der Waals surface area contributed by atoms with Gasteiger partial charge in [-0.3, -0.25) is 14.6 Å². The average Bonchev–Trinajstić information content (AvgIpc) is 3.36. The van der Waals surface area contributed by atoms with Crippen LogP contribution in [-0.4, -0.2) is 81.7 Å². The molecule has 2 aliphatic heterocycles. The van der Waals surface area contributed by atoms with E-state index in [1.54, 1.807) is 27.0 Å². The van der Waals surface area contributed by atoms with Gasteiger partial charge in [-0.1, -0.05) is 31.1 Å². The van der Waals surface area contributed by atoms with E-state index in [1.165, 1.54) is 23.3 Å². The largest absolute Gasteiger partial charge is 0.487 e. The fourth-order valence-corrected chi connectivity index (χ4v) is 7.40. The number of amides is 3. The first-order valence-corrected chi connectivity index (χ1v) is 17.7. The molecule has 0 aromatic carbocycles. The molecule has 3 aromatic heterocycles. The molecular weight excluding hydrogens is 646 g/mol. The van der Waals surface area contributed by atoms with Crippen molar-refractivity contribution in [3.63, 3.8) is 0 Å². The number of carbonyl (C=O) groups is 4. The van der Waals surface area contributed by atoms with Gasteiger partial charge in [0, 0.05) is 24.6 Å². The van der Waals surface area contributed by atoms with Crippen LogP contribution in [0.5, 0.6) is 5.75 Å². The summed E-state index contributed by atoms with van der Waals surface area (Å²) in [6.07, 6.45) is 8.57. The van der Waals surface area contributed by atoms with Crippen LogP contribution in [0.1, 0.15) is 65.7 Å². The molecule has 1 saturated carbocycles. The van der Waals surface area contributed by atoms with Gasteiger partial charge in [0.25, 0.3) is 0 Å². The van der Waals surface area contributed by atoms with Crippen molar-refractivity contribution in [1.82, 2.24) is 25.5 Å². The highest BCUT2D eigenvalue weighted by Crippen LogP contribution is 2.46. The first-order chi connectivity index (χ1) is 23.5. The third kappa shape index (κ3) is 7.71. The van der Waals surface area contributed by atoms with E-state index in [4.69, 9.17) is 19.2 Å². The lowest BCUT2D eigenvalue weighted by molar-refractivity contribution is -0.148. The smallest absolute Gasteiger partial charge is 0.408 e. The molecule has 2 fully saturated rings. The highest BCUT2D eigenvalue weighted by Gasteiger charge is 2.62. The summed E-state index contributed by atoms with van der Waals surface area (Å²) >= 11 is 1.49. The van der Waals surface area contributed by atoms with E-state index in [1.807, 2.05) is 47.9 Å². The number of fused-ring (bicyclic) bond motifs is 3. The monoisotopic (exact) mass is 689 g/mol. The van der Waals surface area contributed by atoms with Crippen molar-refractivity contribution in [1.29, 1.82) is 0 Å². The van der Waals surface area contributed by atoms with Crippen molar-refractivity contribution >= 4 is 45.4 Å². The van der Waals surface area contributed by atoms with Crippen LogP contribution in [0.4, 0.5) is 4.79 Å². The summed E-state index contributed by atoms with van der Waals surface area (Å²) in [5.41, 5.74) is 0.113. The second kappa shape index (κ2) is 14.1. The Kier molecular flexibility index (Phi) is 9.91. The molecule has 3 amide bonds. The number of rotatable bonds is 5. The number of nitrogens with one attached hydrogen (secondary N) is 2. The first kappa shape index (κ1) is 34.3. The quantitative estimate of drug-likeness (QED) is 0.273. The molecule has 12 nitrogen and oxygen atoms in total. The predicted octanol–water partition coefficient (Wildman–Crippen LogP) is 5.17. The molecule has 3 aromatic rings. The summed E-state index contributed by atoms with van der Waals surface area (Å²) in [6, 6.07) is 7.45. The topological polar surface area (TPSA) is 149 Å². The molecule has 1 saturated heterocycles. The van der Waals surface area contributed by atoms with Gasteiger partial charge in [0.1, 0.15) is 35.1 Å². The Bertz CT molecular complexity index is 1740. The first-order valence-electron chi connectivity index (χ1n) is 16.8. The molecule has 13 heteroatoms. The summed E-state index contributed by atoms with van der Waals surface area (Å²) in [5.74, 6) is -1.04. The molecule has 0 spiro atoms. The maximum atomic E-state index is 14.4. The molecule has 1 aliphatic carbocycles. The molecule has 5 atom stereocenters. The van der Waals surface area contributed by atoms with Crippen molar-refractivity contribution in [3.8, 4) is 17.1 Å². The van der Waals surface area contributed by atoms with Gasteiger partial charge in [0.2, 0.25) is 11.8 Å². The minimum Gasteiger partial charge on any atom is -0.487 e. The third-order valence-corrected chi connectivity index (χ3v) is 10.00. The number of nitrogens with zero attached hydrogens (tertiary/aromatic N) is 3. The van der Waals surface area contributed by atoms with Crippen LogP contribution in [0, 0.1) is 5.92 Å². The number of thiophene rings is 1. The Morgan fingerprint density at radius 1 is 1.12 bits per heavy atom. The SMILES string of the molecule is COC(=O)[C@@]12C[C@@H]1/C=C\CCCCC[C@H](NC(=O)OC(C)(C)C)C(=O)N1C[C@H](Oc3cc(-c4ccccn4)nc4ccsc34)C[C@H]1C(=O)N2. The molecule has 260 valence electrons. The van der Waals surface area contributed by atoms with E-state index < -0.39 is 53.2 Å². The Labute approximate surface area is 289 Å². The predicted molar refractivity (Wildman–Crippen MR) is 184 cm³/mol. The fraction of sp³-hybridized carbons (Fsp3) is 0.500. The van der Waals surface area contributed by atoms with E-state index in [2.05, 4.69) is 15.6 Å². The molecule has 0 unspecified atom stereocenters. The Hall–Kier alpha value is -4.52. The molecular formula is C36H43N5O7S. The number of methoxy groups -OCH3 is 1. The summed E-state index contributed by atoms with van der Waals surface area (Å²) < 4.78 is 18.1. The van der Waals surface area contributed by atoms with Crippen molar-refractivity contribution in [2.75, 3.05) is 13.7 Å². The zero-order chi connectivity index (χ0) is 34.8. The van der Waals surface area contributed by atoms with Crippen LogP contribution in [0.25, 0.3) is 21.6 Å². The number of hydrogen-bond acceptors (Lipinski definition) is 10. The summed E-state index contributed by atoms with van der Waals surface area (Å²) in [4.78, 5) is 65.2. The molecule has 5 heterocycles. The van der Waals surface area contributed by atoms with Gasteiger partial charge >= 0.3 is 12.1 Å². The fourth-order valence-electron chi connectivity index (χ4n) is 6.60. The van der Waals surface area contributed by atoms with Gasteiger partial charge in [-0.25, -0.2) is 14.6 Å². The number of carbonyl (C=O) groups excluding carboxylic acids is 4. The number of ether oxygens (including phenoxy) is 3. The number of esters is 1. The van der Waals surface area contributed by atoms with Crippen LogP contribution in [0.3, 0.4) is 0 Å². The van der Waals surface area contributed by atoms with Crippen molar-refractivity contribution < 1.29 is 33.4 Å². The summed E-state index contributed by atoms with van der Waals surface area (Å²) in [5, 5.41) is 7.68. The summed E-state index contributed by atoms with van der Waals surface area (Å²) in [7, 11) is 1.30. The average molecular weight is 690 g/mol. The second-order valence-corrected chi connectivity index (χ2v) is 14.8. The number of alkyl carbamates (subject to hydrolysis) is 1. The molecule has 3 aliphatic rings. The number of allylic oxidation sites excluding steroid dienone is 1. The van der Waals surface area contributed by atoms with Gasteiger partial charge in [-0.2, -0.15) is 0 Å². The molecule has 0 bridgehead atoms. The maximum absolute atomic E-state index is 14.4. The van der Waals surface area contributed by atoms with E-state index in [-0.39, 0.29) is 18.9 Å². The van der Waals surface area contributed by atoms with E-state index in [0.29, 0.717) is 36.4 Å². The lowest BCUT2D eigenvalue weighted by Gasteiger charge is -2.30. The summed E-state index contributed by atoms with van der Waals surface area (Å²) in [6.45, 7) is 5.36. The van der Waals surface area contributed by atoms with Crippen molar-refractivity contribution in [2.24, 2.45) is 5.92 Å². The Morgan fingerprint density at radius 3 is 2.71 bits per heavy atom. The molecule has 49 heavy (non-hydrogen) atoms. The number of pyridine rings is 2. The molecule has 6 rings (SSSR count). The third-order valence-electron chi connectivity index (χ3n) is 9.08. The van der Waals surface area contributed by atoms with E-state index in [9.17, 15) is 19.2 Å². The van der Waals surface area contributed by atoms with Crippen molar-refractivity contribution in [3.05, 3.63) is 54.1 Å². The minimum atomic E-state index is -1.20. The zero-order valence-corrected chi connectivity index (χ0v) is 29.1. The highest BCUT2D eigenvalue weighted by atomic mass is 32.1. The van der Waals surface area contributed by atoms with Crippen LogP contribution in [0.15, 0.2) is 54.1 Å².